The highest BCUT2D eigenvalue weighted by Crippen LogP contribution is 2.32. The summed E-state index contributed by atoms with van der Waals surface area (Å²) >= 11 is 1.69. The fraction of sp³-hybridized carbons (Fsp3) is 0.462. The van der Waals surface area contributed by atoms with Gasteiger partial charge in [0.05, 0.1) is 12.6 Å². The quantitative estimate of drug-likeness (QED) is 0.887. The van der Waals surface area contributed by atoms with Crippen LogP contribution < -0.4 is 0 Å². The SMILES string of the molecule is Cc1cc2c(n1Cc1nccs1)CCCC2O. The summed E-state index contributed by atoms with van der Waals surface area (Å²) in [5.41, 5.74) is 3.66. The number of fused-ring (bicyclic) bond motifs is 1. The van der Waals surface area contributed by atoms with Crippen LogP contribution in [0.5, 0.6) is 0 Å². The van der Waals surface area contributed by atoms with Crippen LogP contribution in [0, 0.1) is 6.92 Å². The van der Waals surface area contributed by atoms with Gasteiger partial charge in [0.25, 0.3) is 0 Å². The summed E-state index contributed by atoms with van der Waals surface area (Å²) in [6.07, 6.45) is 4.63. The number of aliphatic hydroxyl groups excluding tert-OH is 1. The van der Waals surface area contributed by atoms with Gasteiger partial charge in [-0.3, -0.25) is 0 Å². The van der Waals surface area contributed by atoms with Gasteiger partial charge in [-0.2, -0.15) is 0 Å². The van der Waals surface area contributed by atoms with Crippen molar-refractivity contribution < 1.29 is 5.11 Å². The normalized spacial score (nSPS) is 19.3. The molecule has 1 N–H and O–H groups in total. The Hall–Kier alpha value is -1.13. The Labute approximate surface area is 105 Å². The number of thiazole rings is 1. The number of aromatic nitrogens is 2. The first-order valence-electron chi connectivity index (χ1n) is 6.01. The van der Waals surface area contributed by atoms with Crippen LogP contribution in [0.25, 0.3) is 0 Å². The molecule has 17 heavy (non-hydrogen) atoms. The van der Waals surface area contributed by atoms with Crippen LogP contribution in [0.1, 0.15) is 40.9 Å². The Morgan fingerprint density at radius 3 is 3.24 bits per heavy atom. The minimum Gasteiger partial charge on any atom is -0.388 e. The Kier molecular flexibility index (Phi) is 2.76. The van der Waals surface area contributed by atoms with Gasteiger partial charge in [-0.15, -0.1) is 11.3 Å². The molecule has 0 saturated carbocycles. The lowest BCUT2D eigenvalue weighted by Crippen LogP contribution is -2.13. The fourth-order valence-electron chi connectivity index (χ4n) is 2.63. The summed E-state index contributed by atoms with van der Waals surface area (Å²) in [7, 11) is 0. The predicted octanol–water partition coefficient (Wildman–Crippen LogP) is 2.67. The van der Waals surface area contributed by atoms with Crippen molar-refractivity contribution in [3.63, 3.8) is 0 Å². The standard InChI is InChI=1S/C13H16N2OS/c1-9-7-10-11(3-2-4-12(10)16)15(9)8-13-14-5-6-17-13/h5-7,12,16H,2-4,8H2,1H3. The van der Waals surface area contributed by atoms with E-state index in [4.69, 9.17) is 0 Å². The highest BCUT2D eigenvalue weighted by atomic mass is 32.1. The van der Waals surface area contributed by atoms with E-state index in [-0.39, 0.29) is 6.10 Å². The molecule has 0 fully saturated rings. The number of nitrogens with zero attached hydrogens (tertiary/aromatic N) is 2. The molecule has 3 nitrogen and oxygen atoms in total. The molecule has 0 spiro atoms. The second-order valence-electron chi connectivity index (χ2n) is 4.61. The van der Waals surface area contributed by atoms with E-state index in [0.29, 0.717) is 0 Å². The highest BCUT2D eigenvalue weighted by Gasteiger charge is 2.23. The molecule has 0 amide bonds. The van der Waals surface area contributed by atoms with E-state index < -0.39 is 0 Å². The zero-order chi connectivity index (χ0) is 11.8. The molecular weight excluding hydrogens is 232 g/mol. The molecule has 2 heterocycles. The van der Waals surface area contributed by atoms with Crippen molar-refractivity contribution >= 4 is 11.3 Å². The minimum atomic E-state index is -0.269. The van der Waals surface area contributed by atoms with E-state index in [1.54, 1.807) is 11.3 Å². The van der Waals surface area contributed by atoms with Crippen LogP contribution in [-0.2, 0) is 13.0 Å². The molecule has 0 bridgehead atoms. The molecule has 1 atom stereocenters. The molecule has 3 rings (SSSR count). The van der Waals surface area contributed by atoms with Gasteiger partial charge in [-0.1, -0.05) is 0 Å². The van der Waals surface area contributed by atoms with Crippen molar-refractivity contribution in [3.05, 3.63) is 39.6 Å². The van der Waals surface area contributed by atoms with Crippen molar-refractivity contribution in [3.8, 4) is 0 Å². The van der Waals surface area contributed by atoms with Crippen molar-refractivity contribution in [2.75, 3.05) is 0 Å². The number of hydrogen-bond acceptors (Lipinski definition) is 3. The third kappa shape index (κ3) is 1.91. The van der Waals surface area contributed by atoms with Crippen molar-refractivity contribution in [1.82, 2.24) is 9.55 Å². The molecule has 90 valence electrons. The maximum Gasteiger partial charge on any atom is 0.112 e. The smallest absolute Gasteiger partial charge is 0.112 e. The van der Waals surface area contributed by atoms with Gasteiger partial charge in [0.1, 0.15) is 5.01 Å². The van der Waals surface area contributed by atoms with Crippen LogP contribution in [0.15, 0.2) is 17.6 Å². The van der Waals surface area contributed by atoms with Gasteiger partial charge in [-0.05, 0) is 32.3 Å². The first-order chi connectivity index (χ1) is 8.25. The average molecular weight is 248 g/mol. The zero-order valence-corrected chi connectivity index (χ0v) is 10.7. The monoisotopic (exact) mass is 248 g/mol. The topological polar surface area (TPSA) is 38.0 Å². The van der Waals surface area contributed by atoms with Gasteiger partial charge in [0.2, 0.25) is 0 Å². The minimum absolute atomic E-state index is 0.269. The number of rotatable bonds is 2. The summed E-state index contributed by atoms with van der Waals surface area (Å²) in [6.45, 7) is 2.95. The first kappa shape index (κ1) is 11.0. The van der Waals surface area contributed by atoms with E-state index in [0.717, 1.165) is 36.4 Å². The molecule has 0 radical (unpaired) electrons. The molecule has 0 aromatic carbocycles. The van der Waals surface area contributed by atoms with E-state index >= 15 is 0 Å². The second kappa shape index (κ2) is 4.27. The molecule has 1 aliphatic rings. The highest BCUT2D eigenvalue weighted by molar-refractivity contribution is 7.09. The lowest BCUT2D eigenvalue weighted by Gasteiger charge is -2.20. The largest absolute Gasteiger partial charge is 0.388 e. The molecule has 1 unspecified atom stereocenters. The second-order valence-corrected chi connectivity index (χ2v) is 5.59. The maximum atomic E-state index is 10.00. The van der Waals surface area contributed by atoms with Gasteiger partial charge < -0.3 is 9.67 Å². The number of aliphatic hydroxyl groups is 1. The molecule has 4 heteroatoms. The summed E-state index contributed by atoms with van der Waals surface area (Å²) in [4.78, 5) is 4.34. The predicted molar refractivity (Wildman–Crippen MR) is 68.3 cm³/mol. The molecule has 2 aromatic heterocycles. The van der Waals surface area contributed by atoms with Crippen molar-refractivity contribution in [2.45, 2.75) is 38.8 Å². The van der Waals surface area contributed by atoms with E-state index in [2.05, 4.69) is 22.5 Å². The first-order valence-corrected chi connectivity index (χ1v) is 6.89. The van der Waals surface area contributed by atoms with Crippen LogP contribution in [0.3, 0.4) is 0 Å². The Bertz CT molecular complexity index is 516. The molecule has 1 aliphatic carbocycles. The average Bonchev–Trinajstić information content (AvgIpc) is 2.91. The maximum absolute atomic E-state index is 10.00. The van der Waals surface area contributed by atoms with Crippen molar-refractivity contribution in [1.29, 1.82) is 0 Å². The Morgan fingerprint density at radius 2 is 2.47 bits per heavy atom. The Morgan fingerprint density at radius 1 is 1.59 bits per heavy atom. The van der Waals surface area contributed by atoms with Crippen molar-refractivity contribution in [2.24, 2.45) is 0 Å². The summed E-state index contributed by atoms with van der Waals surface area (Å²) in [5, 5.41) is 13.1. The summed E-state index contributed by atoms with van der Waals surface area (Å²) in [6, 6.07) is 2.13. The third-order valence-corrected chi connectivity index (χ3v) is 4.24. The lowest BCUT2D eigenvalue weighted by molar-refractivity contribution is 0.156. The fourth-order valence-corrected chi connectivity index (χ4v) is 3.23. The molecular formula is C13H16N2OS. The molecule has 2 aromatic rings. The number of aryl methyl sites for hydroxylation is 1. The molecule has 0 aliphatic heterocycles. The van der Waals surface area contributed by atoms with E-state index in [1.165, 1.54) is 11.4 Å². The zero-order valence-electron chi connectivity index (χ0n) is 9.89. The van der Waals surface area contributed by atoms with Crippen LogP contribution in [-0.4, -0.2) is 14.7 Å². The van der Waals surface area contributed by atoms with Gasteiger partial charge >= 0.3 is 0 Å². The number of hydrogen-bond donors (Lipinski definition) is 1. The summed E-state index contributed by atoms with van der Waals surface area (Å²) in [5.74, 6) is 0. The Balaban J connectivity index is 1.99. The summed E-state index contributed by atoms with van der Waals surface area (Å²) < 4.78 is 2.30. The third-order valence-electron chi connectivity index (χ3n) is 3.48. The lowest BCUT2D eigenvalue weighted by atomic mass is 9.95. The van der Waals surface area contributed by atoms with E-state index in [9.17, 15) is 5.11 Å². The van der Waals surface area contributed by atoms with Crippen LogP contribution in [0.2, 0.25) is 0 Å². The van der Waals surface area contributed by atoms with Crippen LogP contribution >= 0.6 is 11.3 Å². The van der Waals surface area contributed by atoms with Gasteiger partial charge in [0, 0.05) is 28.5 Å². The van der Waals surface area contributed by atoms with Crippen LogP contribution in [0.4, 0.5) is 0 Å². The van der Waals surface area contributed by atoms with E-state index in [1.807, 2.05) is 11.6 Å². The molecule has 0 saturated heterocycles. The van der Waals surface area contributed by atoms with Gasteiger partial charge in [-0.25, -0.2) is 4.98 Å². The van der Waals surface area contributed by atoms with Gasteiger partial charge in [0.15, 0.2) is 0 Å².